The number of hydrogen-bond donors (Lipinski definition) is 0. The molecule has 3 heterocycles. The van der Waals surface area contributed by atoms with Gasteiger partial charge in [-0.1, -0.05) is 12.1 Å². The highest BCUT2D eigenvalue weighted by molar-refractivity contribution is 5.76. The number of para-hydroxylation sites is 2. The highest BCUT2D eigenvalue weighted by atomic mass is 16.7. The lowest BCUT2D eigenvalue weighted by atomic mass is 9.76. The van der Waals surface area contributed by atoms with E-state index < -0.39 is 5.79 Å². The Morgan fingerprint density at radius 3 is 2.47 bits per heavy atom. The standard InChI is InChI=1S/C28H39N3O3/c1-27(2)33-18-22(34-27)16-30-24-5-3-4-6-25(24)31(26(30)32)21-9-13-29(14-10-21)17-23-19-7-8-20(15-19)28(23)11-12-28/h3-6,19-23H,7-18H2,1-2H3/t19-,20+,22+,23-/m0/s1. The minimum Gasteiger partial charge on any atom is -0.348 e. The van der Waals surface area contributed by atoms with Gasteiger partial charge in [0, 0.05) is 25.7 Å². The summed E-state index contributed by atoms with van der Waals surface area (Å²) in [5, 5.41) is 0. The topological polar surface area (TPSA) is 48.6 Å². The van der Waals surface area contributed by atoms with Crippen LogP contribution in [0, 0.1) is 23.2 Å². The summed E-state index contributed by atoms with van der Waals surface area (Å²) in [6.07, 6.45) is 9.54. The monoisotopic (exact) mass is 465 g/mol. The number of nitrogens with zero attached hydrogens (tertiary/aromatic N) is 3. The molecule has 6 nitrogen and oxygen atoms in total. The molecular weight excluding hydrogens is 426 g/mol. The molecule has 3 saturated carbocycles. The molecule has 2 bridgehead atoms. The summed E-state index contributed by atoms with van der Waals surface area (Å²) in [4.78, 5) is 16.4. The zero-order chi connectivity index (χ0) is 23.1. The molecule has 0 amide bonds. The number of rotatable bonds is 5. The third-order valence-electron chi connectivity index (χ3n) is 10.1. The van der Waals surface area contributed by atoms with E-state index in [0.717, 1.165) is 60.1 Å². The second kappa shape index (κ2) is 7.68. The fourth-order valence-corrected chi connectivity index (χ4v) is 8.39. The molecular formula is C28H39N3O3. The first-order valence-electron chi connectivity index (χ1n) is 13.7. The Labute approximate surface area is 202 Å². The van der Waals surface area contributed by atoms with Crippen molar-refractivity contribution in [3.63, 3.8) is 0 Å². The number of fused-ring (bicyclic) bond motifs is 4. The lowest BCUT2D eigenvalue weighted by Gasteiger charge is -2.39. The summed E-state index contributed by atoms with van der Waals surface area (Å²) in [6.45, 7) is 8.49. The van der Waals surface area contributed by atoms with E-state index in [4.69, 9.17) is 9.47 Å². The van der Waals surface area contributed by atoms with Gasteiger partial charge in [-0.05, 0) is 94.1 Å². The first kappa shape index (κ1) is 21.6. The molecule has 7 rings (SSSR count). The average molecular weight is 466 g/mol. The third kappa shape index (κ3) is 3.35. The van der Waals surface area contributed by atoms with Crippen LogP contribution in [0.2, 0.25) is 0 Å². The quantitative estimate of drug-likeness (QED) is 0.656. The van der Waals surface area contributed by atoms with Gasteiger partial charge >= 0.3 is 5.69 Å². The van der Waals surface area contributed by atoms with Gasteiger partial charge in [-0.3, -0.25) is 9.13 Å². The van der Waals surface area contributed by atoms with Crippen molar-refractivity contribution in [1.29, 1.82) is 0 Å². The van der Waals surface area contributed by atoms with E-state index in [0.29, 0.717) is 13.2 Å². The molecule has 3 aliphatic carbocycles. The van der Waals surface area contributed by atoms with Crippen molar-refractivity contribution in [2.45, 2.75) is 83.3 Å². The first-order valence-corrected chi connectivity index (χ1v) is 13.7. The summed E-state index contributed by atoms with van der Waals surface area (Å²) in [6, 6.07) is 8.56. The number of benzene rings is 1. The van der Waals surface area contributed by atoms with Crippen LogP contribution in [0.5, 0.6) is 0 Å². The van der Waals surface area contributed by atoms with Crippen molar-refractivity contribution in [3.8, 4) is 0 Å². The van der Waals surface area contributed by atoms with Gasteiger partial charge in [-0.15, -0.1) is 0 Å². The van der Waals surface area contributed by atoms with Crippen LogP contribution in [0.4, 0.5) is 0 Å². The molecule has 6 heteroatoms. The second-order valence-corrected chi connectivity index (χ2v) is 12.3. The maximum atomic E-state index is 13.7. The van der Waals surface area contributed by atoms with Crippen molar-refractivity contribution in [3.05, 3.63) is 34.7 Å². The van der Waals surface area contributed by atoms with Gasteiger partial charge in [0.2, 0.25) is 0 Å². The fraction of sp³-hybridized carbons (Fsp3) is 0.750. The minimum absolute atomic E-state index is 0.0923. The molecule has 1 aromatic heterocycles. The molecule has 2 aromatic rings. The lowest BCUT2D eigenvalue weighted by Crippen LogP contribution is -2.42. The number of imidazole rings is 1. The number of likely N-dealkylation sites (tertiary alicyclic amines) is 1. The smallest absolute Gasteiger partial charge is 0.329 e. The van der Waals surface area contributed by atoms with Crippen LogP contribution in [0.15, 0.2) is 29.1 Å². The molecule has 1 spiro atoms. The Morgan fingerprint density at radius 1 is 1.00 bits per heavy atom. The second-order valence-electron chi connectivity index (χ2n) is 12.3. The summed E-state index contributed by atoms with van der Waals surface area (Å²) in [7, 11) is 0. The highest BCUT2D eigenvalue weighted by Crippen LogP contribution is 2.71. The van der Waals surface area contributed by atoms with Crippen molar-refractivity contribution in [2.24, 2.45) is 23.2 Å². The SMILES string of the molecule is CC1(C)OC[C@@H](Cn2c(=O)n(C3CCN(C[C@H]4[C@H]5CC[C@H](C5)C45CC5)CC3)c3ccccc32)O1. The van der Waals surface area contributed by atoms with Crippen LogP contribution in [0.3, 0.4) is 0 Å². The summed E-state index contributed by atoms with van der Waals surface area (Å²) in [5.74, 6) is 2.42. The van der Waals surface area contributed by atoms with E-state index in [1.165, 1.54) is 38.6 Å². The van der Waals surface area contributed by atoms with Gasteiger partial charge in [0.1, 0.15) is 6.10 Å². The van der Waals surface area contributed by atoms with Crippen molar-refractivity contribution in [1.82, 2.24) is 14.0 Å². The van der Waals surface area contributed by atoms with Crippen LogP contribution >= 0.6 is 0 Å². The molecule has 1 aromatic carbocycles. The Morgan fingerprint density at radius 2 is 1.76 bits per heavy atom. The maximum Gasteiger partial charge on any atom is 0.329 e. The first-order chi connectivity index (χ1) is 16.4. The number of aromatic nitrogens is 2. The predicted molar refractivity (Wildman–Crippen MR) is 132 cm³/mol. The van der Waals surface area contributed by atoms with Crippen LogP contribution in [-0.2, 0) is 16.0 Å². The lowest BCUT2D eigenvalue weighted by molar-refractivity contribution is -0.139. The molecule has 5 aliphatic rings. The Balaban J connectivity index is 1.08. The van der Waals surface area contributed by atoms with E-state index >= 15 is 0 Å². The molecule has 5 fully saturated rings. The van der Waals surface area contributed by atoms with Gasteiger partial charge in [0.05, 0.1) is 24.2 Å². The van der Waals surface area contributed by atoms with E-state index in [9.17, 15) is 4.79 Å². The summed E-state index contributed by atoms with van der Waals surface area (Å²) >= 11 is 0. The third-order valence-corrected chi connectivity index (χ3v) is 10.1. The van der Waals surface area contributed by atoms with Gasteiger partial charge in [0.25, 0.3) is 0 Å². The van der Waals surface area contributed by atoms with Gasteiger partial charge in [0.15, 0.2) is 5.79 Å². The summed E-state index contributed by atoms with van der Waals surface area (Å²) in [5.41, 5.74) is 2.93. The number of hydrogen-bond acceptors (Lipinski definition) is 4. The normalized spacial score (nSPS) is 34.5. The Hall–Kier alpha value is -1.63. The molecule has 34 heavy (non-hydrogen) atoms. The Bertz CT molecular complexity index is 1140. The van der Waals surface area contributed by atoms with Crippen molar-refractivity contribution in [2.75, 3.05) is 26.2 Å². The molecule has 4 atom stereocenters. The predicted octanol–water partition coefficient (Wildman–Crippen LogP) is 4.42. The minimum atomic E-state index is -0.572. The molecule has 2 saturated heterocycles. The van der Waals surface area contributed by atoms with Crippen LogP contribution in [0.1, 0.15) is 64.8 Å². The number of ether oxygens (including phenoxy) is 2. The molecule has 0 unspecified atom stereocenters. The van der Waals surface area contributed by atoms with Gasteiger partial charge in [-0.2, -0.15) is 0 Å². The van der Waals surface area contributed by atoms with E-state index in [1.807, 2.05) is 24.5 Å². The summed E-state index contributed by atoms with van der Waals surface area (Å²) < 4.78 is 15.8. The molecule has 0 N–H and O–H groups in total. The Kier molecular flexibility index (Phi) is 4.89. The number of piperidine rings is 1. The highest BCUT2D eigenvalue weighted by Gasteiger charge is 2.63. The average Bonchev–Trinajstić information content (AvgIpc) is 3.09. The van der Waals surface area contributed by atoms with Crippen LogP contribution in [-0.4, -0.2) is 52.2 Å². The fourth-order valence-electron chi connectivity index (χ4n) is 8.39. The zero-order valence-electron chi connectivity index (χ0n) is 20.7. The van der Waals surface area contributed by atoms with E-state index in [1.54, 1.807) is 0 Å². The van der Waals surface area contributed by atoms with Crippen molar-refractivity contribution < 1.29 is 9.47 Å². The van der Waals surface area contributed by atoms with E-state index in [2.05, 4.69) is 27.7 Å². The van der Waals surface area contributed by atoms with Gasteiger partial charge < -0.3 is 14.4 Å². The largest absolute Gasteiger partial charge is 0.348 e. The van der Waals surface area contributed by atoms with Crippen LogP contribution < -0.4 is 5.69 Å². The van der Waals surface area contributed by atoms with Gasteiger partial charge in [-0.25, -0.2) is 4.79 Å². The van der Waals surface area contributed by atoms with E-state index in [-0.39, 0.29) is 17.8 Å². The molecule has 2 aliphatic heterocycles. The van der Waals surface area contributed by atoms with Crippen molar-refractivity contribution >= 4 is 11.0 Å². The van der Waals surface area contributed by atoms with Crippen LogP contribution in [0.25, 0.3) is 11.0 Å². The molecule has 184 valence electrons. The maximum absolute atomic E-state index is 13.7. The molecule has 0 radical (unpaired) electrons. The zero-order valence-corrected chi connectivity index (χ0v) is 20.7.